The molecule has 1 atom stereocenters. The standard InChI is InChI=1S/C17H20FNO2/c1-4-19-12(2)14-11-13(18)9-10-15(14)21-17-8-6-5-7-16(17)20-3/h5-12,19H,4H2,1-3H3. The minimum atomic E-state index is -0.276. The van der Waals surface area contributed by atoms with E-state index in [-0.39, 0.29) is 11.9 Å². The molecule has 0 bridgehead atoms. The van der Waals surface area contributed by atoms with Crippen molar-refractivity contribution in [3.05, 3.63) is 53.8 Å². The van der Waals surface area contributed by atoms with Crippen molar-refractivity contribution in [3.63, 3.8) is 0 Å². The third-order valence-corrected chi connectivity index (χ3v) is 3.24. The zero-order valence-corrected chi connectivity index (χ0v) is 12.5. The van der Waals surface area contributed by atoms with Gasteiger partial charge in [-0.3, -0.25) is 0 Å². The maximum Gasteiger partial charge on any atom is 0.169 e. The first-order valence-electron chi connectivity index (χ1n) is 6.99. The van der Waals surface area contributed by atoms with E-state index in [1.54, 1.807) is 13.2 Å². The molecule has 112 valence electrons. The second-order valence-corrected chi connectivity index (χ2v) is 4.71. The molecule has 0 amide bonds. The summed E-state index contributed by atoms with van der Waals surface area (Å²) in [4.78, 5) is 0. The van der Waals surface area contributed by atoms with Crippen LogP contribution in [0.3, 0.4) is 0 Å². The molecule has 2 aromatic rings. The summed E-state index contributed by atoms with van der Waals surface area (Å²) >= 11 is 0. The lowest BCUT2D eigenvalue weighted by atomic mass is 10.1. The quantitative estimate of drug-likeness (QED) is 0.860. The Hall–Kier alpha value is -2.07. The Kier molecular flexibility index (Phi) is 5.17. The van der Waals surface area contributed by atoms with E-state index in [0.29, 0.717) is 17.2 Å². The third kappa shape index (κ3) is 3.73. The van der Waals surface area contributed by atoms with Crippen molar-refractivity contribution < 1.29 is 13.9 Å². The fraction of sp³-hybridized carbons (Fsp3) is 0.294. The molecule has 3 nitrogen and oxygen atoms in total. The summed E-state index contributed by atoms with van der Waals surface area (Å²) in [6.07, 6.45) is 0. The number of hydrogen-bond acceptors (Lipinski definition) is 3. The Morgan fingerprint density at radius 2 is 1.81 bits per heavy atom. The van der Waals surface area contributed by atoms with Gasteiger partial charge in [0.15, 0.2) is 11.5 Å². The van der Waals surface area contributed by atoms with Crippen LogP contribution in [0.1, 0.15) is 25.5 Å². The molecule has 0 fully saturated rings. The van der Waals surface area contributed by atoms with Crippen LogP contribution in [-0.2, 0) is 0 Å². The van der Waals surface area contributed by atoms with Crippen LogP contribution >= 0.6 is 0 Å². The molecule has 0 saturated carbocycles. The molecule has 0 radical (unpaired) electrons. The zero-order chi connectivity index (χ0) is 15.2. The third-order valence-electron chi connectivity index (χ3n) is 3.24. The van der Waals surface area contributed by atoms with Crippen molar-refractivity contribution in [1.29, 1.82) is 0 Å². The van der Waals surface area contributed by atoms with Crippen LogP contribution in [0.2, 0.25) is 0 Å². The van der Waals surface area contributed by atoms with Gasteiger partial charge in [-0.25, -0.2) is 4.39 Å². The van der Waals surface area contributed by atoms with E-state index in [9.17, 15) is 4.39 Å². The Morgan fingerprint density at radius 1 is 1.10 bits per heavy atom. The largest absolute Gasteiger partial charge is 0.493 e. The van der Waals surface area contributed by atoms with Crippen LogP contribution in [0.4, 0.5) is 4.39 Å². The van der Waals surface area contributed by atoms with Crippen LogP contribution in [0.5, 0.6) is 17.2 Å². The van der Waals surface area contributed by atoms with E-state index in [1.165, 1.54) is 12.1 Å². The summed E-state index contributed by atoms with van der Waals surface area (Å²) in [5.74, 6) is 1.59. The van der Waals surface area contributed by atoms with Gasteiger partial charge in [0.2, 0.25) is 0 Å². The number of nitrogens with one attached hydrogen (secondary N) is 1. The average molecular weight is 289 g/mol. The minimum absolute atomic E-state index is 0.00425. The SMILES string of the molecule is CCNC(C)c1cc(F)ccc1Oc1ccccc1OC. The number of rotatable bonds is 6. The summed E-state index contributed by atoms with van der Waals surface area (Å²) in [5.41, 5.74) is 0.780. The predicted octanol–water partition coefficient (Wildman–Crippen LogP) is 4.30. The highest BCUT2D eigenvalue weighted by Crippen LogP contribution is 2.35. The monoisotopic (exact) mass is 289 g/mol. The van der Waals surface area contributed by atoms with Crippen molar-refractivity contribution >= 4 is 0 Å². The molecule has 2 rings (SSSR count). The predicted molar refractivity (Wildman–Crippen MR) is 81.6 cm³/mol. The molecular weight excluding hydrogens is 269 g/mol. The van der Waals surface area contributed by atoms with E-state index < -0.39 is 0 Å². The number of halogens is 1. The molecule has 1 N–H and O–H groups in total. The number of para-hydroxylation sites is 2. The Morgan fingerprint density at radius 3 is 2.48 bits per heavy atom. The van der Waals surface area contributed by atoms with Crippen molar-refractivity contribution in [1.82, 2.24) is 5.32 Å². The van der Waals surface area contributed by atoms with E-state index in [1.807, 2.05) is 38.1 Å². The summed E-state index contributed by atoms with van der Waals surface area (Å²) in [7, 11) is 1.59. The highest BCUT2D eigenvalue weighted by molar-refractivity contribution is 5.45. The molecule has 0 aliphatic carbocycles. The van der Waals surface area contributed by atoms with Crippen molar-refractivity contribution in [2.75, 3.05) is 13.7 Å². The Labute approximate surface area is 124 Å². The fourth-order valence-electron chi connectivity index (χ4n) is 2.19. The number of methoxy groups -OCH3 is 1. The van der Waals surface area contributed by atoms with Crippen LogP contribution < -0.4 is 14.8 Å². The Balaban J connectivity index is 2.35. The van der Waals surface area contributed by atoms with Gasteiger partial charge >= 0.3 is 0 Å². The molecular formula is C17H20FNO2. The van der Waals surface area contributed by atoms with Crippen LogP contribution in [0, 0.1) is 5.82 Å². The van der Waals surface area contributed by atoms with Gasteiger partial charge in [0.05, 0.1) is 7.11 Å². The summed E-state index contributed by atoms with van der Waals surface area (Å²) in [5, 5.41) is 3.27. The molecule has 0 spiro atoms. The fourth-order valence-corrected chi connectivity index (χ4v) is 2.19. The maximum absolute atomic E-state index is 13.5. The maximum atomic E-state index is 13.5. The lowest BCUT2D eigenvalue weighted by Gasteiger charge is -2.18. The lowest BCUT2D eigenvalue weighted by molar-refractivity contribution is 0.375. The Bertz CT molecular complexity index is 601. The summed E-state index contributed by atoms with van der Waals surface area (Å²) in [6.45, 7) is 4.79. The normalized spacial score (nSPS) is 12.0. The molecule has 0 heterocycles. The average Bonchev–Trinajstić information content (AvgIpc) is 2.49. The number of ether oxygens (including phenoxy) is 2. The molecule has 0 aromatic heterocycles. The molecule has 1 unspecified atom stereocenters. The van der Waals surface area contributed by atoms with Gasteiger partial charge in [-0.05, 0) is 43.8 Å². The minimum Gasteiger partial charge on any atom is -0.493 e. The van der Waals surface area contributed by atoms with E-state index in [2.05, 4.69) is 5.32 Å². The van der Waals surface area contributed by atoms with Crippen LogP contribution in [-0.4, -0.2) is 13.7 Å². The van der Waals surface area contributed by atoms with Crippen molar-refractivity contribution in [2.45, 2.75) is 19.9 Å². The molecule has 0 aliphatic heterocycles. The zero-order valence-electron chi connectivity index (χ0n) is 12.5. The number of benzene rings is 2. The topological polar surface area (TPSA) is 30.5 Å². The van der Waals surface area contributed by atoms with Crippen molar-refractivity contribution in [3.8, 4) is 17.2 Å². The van der Waals surface area contributed by atoms with Gasteiger partial charge < -0.3 is 14.8 Å². The highest BCUT2D eigenvalue weighted by atomic mass is 19.1. The van der Waals surface area contributed by atoms with Crippen LogP contribution in [0.15, 0.2) is 42.5 Å². The van der Waals surface area contributed by atoms with Gasteiger partial charge in [-0.1, -0.05) is 19.1 Å². The first kappa shape index (κ1) is 15.3. The van der Waals surface area contributed by atoms with Gasteiger partial charge in [0, 0.05) is 11.6 Å². The first-order valence-corrected chi connectivity index (χ1v) is 6.99. The molecule has 0 aliphatic rings. The van der Waals surface area contributed by atoms with E-state index in [0.717, 1.165) is 12.1 Å². The lowest BCUT2D eigenvalue weighted by Crippen LogP contribution is -2.18. The molecule has 0 saturated heterocycles. The van der Waals surface area contributed by atoms with E-state index >= 15 is 0 Å². The summed E-state index contributed by atoms with van der Waals surface area (Å²) in [6, 6.07) is 11.9. The molecule has 2 aromatic carbocycles. The second kappa shape index (κ2) is 7.09. The van der Waals surface area contributed by atoms with E-state index in [4.69, 9.17) is 9.47 Å². The second-order valence-electron chi connectivity index (χ2n) is 4.71. The first-order chi connectivity index (χ1) is 10.2. The summed E-state index contributed by atoms with van der Waals surface area (Å²) < 4.78 is 24.7. The number of hydrogen-bond donors (Lipinski definition) is 1. The van der Waals surface area contributed by atoms with Crippen molar-refractivity contribution in [2.24, 2.45) is 0 Å². The molecule has 21 heavy (non-hydrogen) atoms. The van der Waals surface area contributed by atoms with Gasteiger partial charge in [-0.15, -0.1) is 0 Å². The van der Waals surface area contributed by atoms with Gasteiger partial charge in [-0.2, -0.15) is 0 Å². The van der Waals surface area contributed by atoms with Crippen LogP contribution in [0.25, 0.3) is 0 Å². The van der Waals surface area contributed by atoms with Gasteiger partial charge in [0.25, 0.3) is 0 Å². The smallest absolute Gasteiger partial charge is 0.169 e. The van der Waals surface area contributed by atoms with Gasteiger partial charge in [0.1, 0.15) is 11.6 Å². The molecule has 4 heteroatoms. The highest BCUT2D eigenvalue weighted by Gasteiger charge is 2.14.